The second kappa shape index (κ2) is 12.4. The third-order valence-electron chi connectivity index (χ3n) is 4.34. The molecular formula is C24H30N2O7. The van der Waals surface area contributed by atoms with Gasteiger partial charge in [0.25, 0.3) is 5.69 Å². The zero-order chi connectivity index (χ0) is 24.4. The summed E-state index contributed by atoms with van der Waals surface area (Å²) in [5, 5.41) is 13.3. The molecule has 2 aromatic carbocycles. The van der Waals surface area contributed by atoms with Crippen molar-refractivity contribution in [3.05, 3.63) is 64.2 Å². The zero-order valence-electron chi connectivity index (χ0n) is 19.3. The molecule has 0 radical (unpaired) electrons. The highest BCUT2D eigenvalue weighted by Gasteiger charge is 2.24. The van der Waals surface area contributed by atoms with Crippen LogP contribution in [-0.4, -0.2) is 36.2 Å². The molecular weight excluding hydrogens is 428 g/mol. The highest BCUT2D eigenvalue weighted by Crippen LogP contribution is 2.18. The van der Waals surface area contributed by atoms with E-state index in [1.54, 1.807) is 0 Å². The SMILES string of the molecule is CC(C)COC(=O)[C@H](Cc1ccc(OCC(C)C)cc1)NC(=O)Oc1ccc([N+](=O)[O-])cc1. The van der Waals surface area contributed by atoms with Crippen LogP contribution in [0.15, 0.2) is 48.5 Å². The molecule has 0 saturated heterocycles. The number of nitro groups is 1. The summed E-state index contributed by atoms with van der Waals surface area (Å²) in [4.78, 5) is 35.2. The molecule has 0 unspecified atom stereocenters. The van der Waals surface area contributed by atoms with Gasteiger partial charge in [0.05, 0.1) is 18.1 Å². The van der Waals surface area contributed by atoms with Crippen molar-refractivity contribution in [3.63, 3.8) is 0 Å². The number of ether oxygens (including phenoxy) is 3. The molecule has 1 amide bonds. The number of rotatable bonds is 11. The molecule has 2 rings (SSSR count). The summed E-state index contributed by atoms with van der Waals surface area (Å²) >= 11 is 0. The largest absolute Gasteiger partial charge is 0.493 e. The van der Waals surface area contributed by atoms with Gasteiger partial charge in [-0.1, -0.05) is 39.8 Å². The topological polar surface area (TPSA) is 117 Å². The predicted octanol–water partition coefficient (Wildman–Crippen LogP) is 4.53. The number of carbonyl (C=O) groups is 2. The van der Waals surface area contributed by atoms with E-state index in [2.05, 4.69) is 19.2 Å². The van der Waals surface area contributed by atoms with Crippen LogP contribution >= 0.6 is 0 Å². The average molecular weight is 459 g/mol. The predicted molar refractivity (Wildman–Crippen MR) is 122 cm³/mol. The summed E-state index contributed by atoms with van der Waals surface area (Å²) < 4.78 is 16.1. The van der Waals surface area contributed by atoms with E-state index in [-0.39, 0.29) is 30.4 Å². The second-order valence-electron chi connectivity index (χ2n) is 8.41. The number of hydrogen-bond donors (Lipinski definition) is 1. The molecule has 1 N–H and O–H groups in total. The Kier molecular flexibility index (Phi) is 9.65. The van der Waals surface area contributed by atoms with Gasteiger partial charge in [0.15, 0.2) is 0 Å². The van der Waals surface area contributed by atoms with Gasteiger partial charge in [0.1, 0.15) is 17.5 Å². The number of non-ortho nitro benzene ring substituents is 1. The first kappa shape index (κ1) is 25.6. The molecule has 9 heteroatoms. The van der Waals surface area contributed by atoms with Gasteiger partial charge in [-0.15, -0.1) is 0 Å². The van der Waals surface area contributed by atoms with Crippen LogP contribution in [0, 0.1) is 22.0 Å². The Labute approximate surface area is 193 Å². The fourth-order valence-electron chi connectivity index (χ4n) is 2.68. The molecule has 2 aromatic rings. The third-order valence-corrected chi connectivity index (χ3v) is 4.34. The minimum atomic E-state index is -0.975. The third kappa shape index (κ3) is 9.18. The van der Waals surface area contributed by atoms with E-state index < -0.39 is 23.0 Å². The van der Waals surface area contributed by atoms with Crippen LogP contribution in [0.3, 0.4) is 0 Å². The maximum absolute atomic E-state index is 12.6. The van der Waals surface area contributed by atoms with E-state index in [4.69, 9.17) is 14.2 Å². The smallest absolute Gasteiger partial charge is 0.413 e. The van der Waals surface area contributed by atoms with E-state index in [9.17, 15) is 19.7 Å². The van der Waals surface area contributed by atoms with Gasteiger partial charge < -0.3 is 19.5 Å². The zero-order valence-corrected chi connectivity index (χ0v) is 19.3. The van der Waals surface area contributed by atoms with Crippen LogP contribution in [0.1, 0.15) is 33.3 Å². The molecule has 1 atom stereocenters. The number of carbonyl (C=O) groups excluding carboxylic acids is 2. The van der Waals surface area contributed by atoms with E-state index in [1.165, 1.54) is 24.3 Å². The van der Waals surface area contributed by atoms with Gasteiger partial charge >= 0.3 is 12.1 Å². The summed E-state index contributed by atoms with van der Waals surface area (Å²) in [6.45, 7) is 8.76. The highest BCUT2D eigenvalue weighted by molar-refractivity contribution is 5.82. The summed E-state index contributed by atoms with van der Waals surface area (Å²) in [5.41, 5.74) is 0.674. The van der Waals surface area contributed by atoms with E-state index in [1.807, 2.05) is 38.1 Å². The Morgan fingerprint density at radius 3 is 2.03 bits per heavy atom. The minimum absolute atomic E-state index is 0.110. The Balaban J connectivity index is 2.05. The Bertz CT molecular complexity index is 925. The molecule has 0 aromatic heterocycles. The van der Waals surface area contributed by atoms with Crippen molar-refractivity contribution < 1.29 is 28.7 Å². The first-order valence-electron chi connectivity index (χ1n) is 10.7. The van der Waals surface area contributed by atoms with Gasteiger partial charge in [0, 0.05) is 18.6 Å². The van der Waals surface area contributed by atoms with Gasteiger partial charge in [-0.2, -0.15) is 0 Å². The first-order valence-corrected chi connectivity index (χ1v) is 10.7. The first-order chi connectivity index (χ1) is 15.6. The minimum Gasteiger partial charge on any atom is -0.493 e. The van der Waals surface area contributed by atoms with Crippen molar-refractivity contribution in [1.82, 2.24) is 5.32 Å². The van der Waals surface area contributed by atoms with Gasteiger partial charge in [-0.3, -0.25) is 10.1 Å². The number of nitro benzene ring substituents is 1. The average Bonchev–Trinajstić information content (AvgIpc) is 2.76. The molecule has 178 valence electrons. The van der Waals surface area contributed by atoms with Crippen molar-refractivity contribution in [1.29, 1.82) is 0 Å². The summed E-state index contributed by atoms with van der Waals surface area (Å²) in [6, 6.07) is 11.3. The number of benzene rings is 2. The molecule has 0 saturated carbocycles. The number of nitrogens with zero attached hydrogens (tertiary/aromatic N) is 1. The number of esters is 1. The molecule has 0 aliphatic rings. The van der Waals surface area contributed by atoms with Crippen molar-refractivity contribution in [2.75, 3.05) is 13.2 Å². The lowest BCUT2D eigenvalue weighted by Gasteiger charge is -2.18. The molecule has 0 aliphatic heterocycles. The molecule has 0 fully saturated rings. The van der Waals surface area contributed by atoms with E-state index >= 15 is 0 Å². The Morgan fingerprint density at radius 1 is 0.909 bits per heavy atom. The lowest BCUT2D eigenvalue weighted by atomic mass is 10.1. The standard InChI is InChI=1S/C24H30N2O7/c1-16(2)14-31-20-9-5-18(6-10-20)13-22(23(27)32-15-17(3)4)25-24(28)33-21-11-7-19(8-12-21)26(29)30/h5-12,16-17,22H,13-15H2,1-4H3,(H,25,28)/t22-/m0/s1. The van der Waals surface area contributed by atoms with Crippen molar-refractivity contribution in [2.45, 2.75) is 40.2 Å². The number of hydrogen-bond acceptors (Lipinski definition) is 7. The lowest BCUT2D eigenvalue weighted by Crippen LogP contribution is -2.44. The second-order valence-corrected chi connectivity index (χ2v) is 8.41. The quantitative estimate of drug-likeness (QED) is 0.299. The van der Waals surface area contributed by atoms with Crippen LogP contribution in [0.4, 0.5) is 10.5 Å². The van der Waals surface area contributed by atoms with E-state index in [0.29, 0.717) is 12.5 Å². The number of amides is 1. The van der Waals surface area contributed by atoms with Crippen molar-refractivity contribution >= 4 is 17.7 Å². The van der Waals surface area contributed by atoms with Crippen molar-refractivity contribution in [3.8, 4) is 11.5 Å². The Hall–Kier alpha value is -3.62. The maximum atomic E-state index is 12.6. The molecule has 33 heavy (non-hydrogen) atoms. The van der Waals surface area contributed by atoms with E-state index in [0.717, 1.165) is 11.3 Å². The van der Waals surface area contributed by atoms with Crippen LogP contribution in [-0.2, 0) is 16.0 Å². The van der Waals surface area contributed by atoms with Crippen LogP contribution in [0.2, 0.25) is 0 Å². The summed E-state index contributed by atoms with van der Waals surface area (Å²) in [5.74, 6) is 0.787. The lowest BCUT2D eigenvalue weighted by molar-refractivity contribution is -0.384. The van der Waals surface area contributed by atoms with Gasteiger partial charge in [0.2, 0.25) is 0 Å². The molecule has 9 nitrogen and oxygen atoms in total. The van der Waals surface area contributed by atoms with Crippen LogP contribution in [0.5, 0.6) is 11.5 Å². The van der Waals surface area contributed by atoms with Gasteiger partial charge in [-0.25, -0.2) is 9.59 Å². The molecule has 0 aliphatic carbocycles. The summed E-state index contributed by atoms with van der Waals surface area (Å²) in [6.07, 6.45) is -0.677. The van der Waals surface area contributed by atoms with Crippen LogP contribution in [0.25, 0.3) is 0 Å². The fraction of sp³-hybridized carbons (Fsp3) is 0.417. The van der Waals surface area contributed by atoms with Crippen LogP contribution < -0.4 is 14.8 Å². The molecule has 0 heterocycles. The molecule has 0 bridgehead atoms. The van der Waals surface area contributed by atoms with Crippen molar-refractivity contribution in [2.24, 2.45) is 11.8 Å². The molecule has 0 spiro atoms. The normalized spacial score (nSPS) is 11.7. The number of nitrogens with one attached hydrogen (secondary N) is 1. The maximum Gasteiger partial charge on any atom is 0.413 e. The Morgan fingerprint density at radius 2 is 1.48 bits per heavy atom. The highest BCUT2D eigenvalue weighted by atomic mass is 16.6. The fourth-order valence-corrected chi connectivity index (χ4v) is 2.68. The van der Waals surface area contributed by atoms with Gasteiger partial charge in [-0.05, 0) is 41.7 Å². The summed E-state index contributed by atoms with van der Waals surface area (Å²) in [7, 11) is 0. The monoisotopic (exact) mass is 458 g/mol.